The van der Waals surface area contributed by atoms with Gasteiger partial charge in [-0.1, -0.05) is 46.3 Å². The van der Waals surface area contributed by atoms with E-state index in [0.29, 0.717) is 5.69 Å². The van der Waals surface area contributed by atoms with Crippen molar-refractivity contribution in [2.75, 3.05) is 0 Å². The quantitative estimate of drug-likeness (QED) is 0.363. The van der Waals surface area contributed by atoms with Crippen molar-refractivity contribution in [3.63, 3.8) is 0 Å². The van der Waals surface area contributed by atoms with Crippen molar-refractivity contribution in [2.45, 2.75) is 0 Å². The van der Waals surface area contributed by atoms with Crippen molar-refractivity contribution in [3.05, 3.63) is 53.0 Å². The van der Waals surface area contributed by atoms with Gasteiger partial charge in [0.2, 0.25) is 6.08 Å². The molecule has 0 unspecified atom stereocenters. The van der Waals surface area contributed by atoms with Crippen LogP contribution >= 0.6 is 15.9 Å². The Bertz CT molecular complexity index is 804. The second kappa shape index (κ2) is 4.37. The highest BCUT2D eigenvalue weighted by Crippen LogP contribution is 2.33. The normalized spacial score (nSPS) is 10.5. The first kappa shape index (κ1) is 11.1. The Morgan fingerprint density at radius 2 is 1.72 bits per heavy atom. The van der Waals surface area contributed by atoms with E-state index in [9.17, 15) is 4.79 Å². The third-order valence-electron chi connectivity index (χ3n) is 2.97. The van der Waals surface area contributed by atoms with Gasteiger partial charge in [0.05, 0.1) is 5.69 Å². The summed E-state index contributed by atoms with van der Waals surface area (Å²) in [5.74, 6) is 0. The maximum absolute atomic E-state index is 10.3. The fourth-order valence-corrected chi connectivity index (χ4v) is 2.76. The zero-order valence-electron chi connectivity index (χ0n) is 9.35. The van der Waals surface area contributed by atoms with Crippen LogP contribution in [0.1, 0.15) is 0 Å². The summed E-state index contributed by atoms with van der Waals surface area (Å²) in [6.45, 7) is 0. The van der Waals surface area contributed by atoms with Gasteiger partial charge in [-0.3, -0.25) is 0 Å². The minimum absolute atomic E-state index is 0.630. The first-order valence-corrected chi connectivity index (χ1v) is 6.28. The van der Waals surface area contributed by atoms with E-state index in [1.165, 1.54) is 0 Å². The molecule has 0 aliphatic rings. The van der Waals surface area contributed by atoms with E-state index in [1.54, 1.807) is 6.08 Å². The highest BCUT2D eigenvalue weighted by atomic mass is 79.9. The summed E-state index contributed by atoms with van der Waals surface area (Å²) in [6.07, 6.45) is 1.57. The van der Waals surface area contributed by atoms with Crippen LogP contribution in [0.3, 0.4) is 0 Å². The van der Waals surface area contributed by atoms with Gasteiger partial charge < -0.3 is 0 Å². The predicted octanol–water partition coefficient (Wildman–Crippen LogP) is 4.72. The molecule has 3 aromatic carbocycles. The molecular weight excluding hydrogens is 290 g/mol. The predicted molar refractivity (Wildman–Crippen MR) is 76.9 cm³/mol. The van der Waals surface area contributed by atoms with Crippen LogP contribution in [0, 0.1) is 0 Å². The minimum Gasteiger partial charge on any atom is -0.211 e. The average Bonchev–Trinajstić information content (AvgIpc) is 2.40. The third kappa shape index (κ3) is 1.74. The molecule has 0 N–H and O–H groups in total. The molecule has 0 aliphatic carbocycles. The summed E-state index contributed by atoms with van der Waals surface area (Å²) in [5, 5.41) is 4.50. The highest BCUT2D eigenvalue weighted by molar-refractivity contribution is 9.10. The Kier molecular flexibility index (Phi) is 2.71. The summed E-state index contributed by atoms with van der Waals surface area (Å²) in [6, 6.07) is 15.9. The molecule has 0 heterocycles. The number of hydrogen-bond acceptors (Lipinski definition) is 2. The van der Waals surface area contributed by atoms with Gasteiger partial charge in [0.25, 0.3) is 0 Å². The summed E-state index contributed by atoms with van der Waals surface area (Å²) in [4.78, 5) is 14.0. The fourth-order valence-electron chi connectivity index (χ4n) is 2.17. The number of aliphatic imine (C=N–C) groups is 1. The smallest absolute Gasteiger partial charge is 0.211 e. The van der Waals surface area contributed by atoms with E-state index in [4.69, 9.17) is 0 Å². The van der Waals surface area contributed by atoms with Crippen LogP contribution in [-0.4, -0.2) is 6.08 Å². The van der Waals surface area contributed by atoms with Crippen molar-refractivity contribution in [1.29, 1.82) is 0 Å². The standard InChI is InChI=1S/C15H8BrNO/c16-15-7-10-5-6-11(17-9-18)8-14(10)12-3-1-2-4-13(12)15/h1-8H. The second-order valence-electron chi connectivity index (χ2n) is 4.01. The van der Waals surface area contributed by atoms with Gasteiger partial charge in [-0.05, 0) is 39.7 Å². The van der Waals surface area contributed by atoms with Gasteiger partial charge in [0.15, 0.2) is 0 Å². The van der Waals surface area contributed by atoms with Crippen LogP contribution in [0.15, 0.2) is 58.0 Å². The number of halogens is 1. The van der Waals surface area contributed by atoms with E-state index < -0.39 is 0 Å². The largest absolute Gasteiger partial charge is 0.240 e. The number of nitrogens with zero attached hydrogens (tertiary/aromatic N) is 1. The van der Waals surface area contributed by atoms with Crippen molar-refractivity contribution in [3.8, 4) is 0 Å². The molecule has 0 radical (unpaired) electrons. The maximum atomic E-state index is 10.3. The lowest BCUT2D eigenvalue weighted by atomic mass is 10.0. The molecule has 0 saturated carbocycles. The Labute approximate surface area is 112 Å². The SMILES string of the molecule is O=C=Nc1ccc2cc(Br)c3ccccc3c2c1. The lowest BCUT2D eigenvalue weighted by molar-refractivity contribution is 0.565. The van der Waals surface area contributed by atoms with E-state index in [1.807, 2.05) is 30.3 Å². The monoisotopic (exact) mass is 297 g/mol. The van der Waals surface area contributed by atoms with Crippen molar-refractivity contribution in [2.24, 2.45) is 4.99 Å². The van der Waals surface area contributed by atoms with Crippen molar-refractivity contribution >= 4 is 49.2 Å². The Morgan fingerprint density at radius 3 is 2.50 bits per heavy atom. The number of carbonyl (C=O) groups excluding carboxylic acids is 1. The van der Waals surface area contributed by atoms with Gasteiger partial charge in [-0.2, -0.15) is 4.99 Å². The molecular formula is C15H8BrNO. The number of hydrogen-bond donors (Lipinski definition) is 0. The number of rotatable bonds is 1. The van der Waals surface area contributed by atoms with E-state index in [-0.39, 0.29) is 0 Å². The molecule has 0 amide bonds. The molecule has 0 aromatic heterocycles. The molecule has 3 aromatic rings. The first-order chi connectivity index (χ1) is 8.79. The topological polar surface area (TPSA) is 29.4 Å². The van der Waals surface area contributed by atoms with Gasteiger partial charge in [-0.15, -0.1) is 0 Å². The summed E-state index contributed by atoms with van der Waals surface area (Å²) in [5.41, 5.74) is 0.630. The van der Waals surface area contributed by atoms with Crippen molar-refractivity contribution in [1.82, 2.24) is 0 Å². The lowest BCUT2D eigenvalue weighted by Crippen LogP contribution is -1.79. The molecule has 2 nitrogen and oxygen atoms in total. The van der Waals surface area contributed by atoms with Gasteiger partial charge in [0, 0.05) is 4.47 Å². The van der Waals surface area contributed by atoms with Crippen LogP contribution in [0.5, 0.6) is 0 Å². The molecule has 0 aliphatic heterocycles. The van der Waals surface area contributed by atoms with Crippen LogP contribution < -0.4 is 0 Å². The zero-order chi connectivity index (χ0) is 12.5. The number of benzene rings is 3. The molecule has 18 heavy (non-hydrogen) atoms. The Balaban J connectivity index is 2.49. The summed E-state index contributed by atoms with van der Waals surface area (Å²) >= 11 is 3.58. The molecule has 86 valence electrons. The molecule has 0 atom stereocenters. The average molecular weight is 298 g/mol. The first-order valence-electron chi connectivity index (χ1n) is 5.48. The molecule has 0 spiro atoms. The number of isocyanates is 1. The van der Waals surface area contributed by atoms with Gasteiger partial charge in [0.1, 0.15) is 0 Å². The molecule has 0 fully saturated rings. The zero-order valence-corrected chi connectivity index (χ0v) is 10.9. The minimum atomic E-state index is 0.630. The Morgan fingerprint density at radius 1 is 0.944 bits per heavy atom. The van der Waals surface area contributed by atoms with E-state index in [2.05, 4.69) is 39.1 Å². The number of fused-ring (bicyclic) bond motifs is 3. The lowest BCUT2D eigenvalue weighted by Gasteiger charge is -2.06. The van der Waals surface area contributed by atoms with E-state index >= 15 is 0 Å². The molecule has 3 rings (SSSR count). The fraction of sp³-hybridized carbons (Fsp3) is 0. The highest BCUT2D eigenvalue weighted by Gasteiger charge is 2.05. The maximum Gasteiger partial charge on any atom is 0.240 e. The van der Waals surface area contributed by atoms with Crippen molar-refractivity contribution < 1.29 is 4.79 Å². The summed E-state index contributed by atoms with van der Waals surface area (Å²) in [7, 11) is 0. The Hall–Kier alpha value is -1.96. The van der Waals surface area contributed by atoms with Gasteiger partial charge >= 0.3 is 0 Å². The van der Waals surface area contributed by atoms with E-state index in [0.717, 1.165) is 26.0 Å². The third-order valence-corrected chi connectivity index (χ3v) is 3.62. The van der Waals surface area contributed by atoms with Crippen LogP contribution in [0.4, 0.5) is 5.69 Å². The molecule has 0 saturated heterocycles. The summed E-state index contributed by atoms with van der Waals surface area (Å²) < 4.78 is 1.07. The van der Waals surface area contributed by atoms with Crippen LogP contribution in [-0.2, 0) is 4.79 Å². The van der Waals surface area contributed by atoms with Crippen LogP contribution in [0.25, 0.3) is 21.5 Å². The van der Waals surface area contributed by atoms with Crippen LogP contribution in [0.2, 0.25) is 0 Å². The molecule has 3 heteroatoms. The second-order valence-corrected chi connectivity index (χ2v) is 4.87. The molecule has 0 bridgehead atoms. The van der Waals surface area contributed by atoms with Gasteiger partial charge in [-0.25, -0.2) is 4.79 Å².